The van der Waals surface area contributed by atoms with Gasteiger partial charge < -0.3 is 9.30 Å². The number of pyridine rings is 1. The average Bonchev–Trinajstić information content (AvgIpc) is 3.71. The van der Waals surface area contributed by atoms with Gasteiger partial charge in [-0.05, 0) is 24.5 Å². The topological polar surface area (TPSA) is 101 Å². The van der Waals surface area contributed by atoms with E-state index in [9.17, 15) is 18.0 Å². The number of alkyl halides is 3. The second-order valence-electron chi connectivity index (χ2n) is 8.90. The molecular weight excluding hydrogens is 511 g/mol. The second kappa shape index (κ2) is 9.29. The Morgan fingerprint density at radius 3 is 2.59 bits per heavy atom. The van der Waals surface area contributed by atoms with E-state index in [0.717, 1.165) is 17.4 Å². The summed E-state index contributed by atoms with van der Waals surface area (Å²) in [6, 6.07) is 7.60. The van der Waals surface area contributed by atoms with Gasteiger partial charge in [0.2, 0.25) is 5.88 Å². The molecule has 5 aromatic rings. The Labute approximate surface area is 227 Å². The van der Waals surface area contributed by atoms with Gasteiger partial charge in [0.1, 0.15) is 23.4 Å². The molecule has 12 heteroatoms. The van der Waals surface area contributed by atoms with Crippen LogP contribution in [0.15, 0.2) is 59.9 Å². The first-order valence-electron chi connectivity index (χ1n) is 14.3. The van der Waals surface area contributed by atoms with E-state index in [2.05, 4.69) is 24.9 Å². The normalized spacial score (nSPS) is 16.3. The first-order chi connectivity index (χ1) is 20.7. The molecule has 0 bridgehead atoms. The molecule has 0 radical (unpaired) electrons. The van der Waals surface area contributed by atoms with Crippen molar-refractivity contribution in [2.24, 2.45) is 6.98 Å². The summed E-state index contributed by atoms with van der Waals surface area (Å²) in [4.78, 5) is 34.2. The van der Waals surface area contributed by atoms with Crippen LogP contribution in [0, 0.1) is 0 Å². The van der Waals surface area contributed by atoms with Crippen molar-refractivity contribution in [3.63, 3.8) is 0 Å². The lowest BCUT2D eigenvalue weighted by Gasteiger charge is -2.13. The summed E-state index contributed by atoms with van der Waals surface area (Å²) >= 11 is 0. The maximum atomic E-state index is 13.3. The van der Waals surface area contributed by atoms with Gasteiger partial charge in [0, 0.05) is 46.4 Å². The van der Waals surface area contributed by atoms with E-state index in [1.165, 1.54) is 56.0 Å². The van der Waals surface area contributed by atoms with Crippen molar-refractivity contribution in [2.75, 3.05) is 7.11 Å². The van der Waals surface area contributed by atoms with Gasteiger partial charge in [0.25, 0.3) is 5.56 Å². The molecule has 1 saturated carbocycles. The van der Waals surface area contributed by atoms with Gasteiger partial charge in [-0.2, -0.15) is 13.2 Å². The molecule has 39 heavy (non-hydrogen) atoms. The largest absolute Gasteiger partial charge is 0.480 e. The molecule has 198 valence electrons. The van der Waals surface area contributed by atoms with Crippen LogP contribution >= 0.6 is 0 Å². The smallest absolute Gasteiger partial charge is 0.434 e. The quantitative estimate of drug-likeness (QED) is 0.311. The fourth-order valence-electron chi connectivity index (χ4n) is 4.20. The Hall–Kier alpha value is -4.61. The van der Waals surface area contributed by atoms with Crippen LogP contribution < -0.4 is 10.3 Å². The summed E-state index contributed by atoms with van der Waals surface area (Å²) in [6.45, 7) is -5.48. The summed E-state index contributed by atoms with van der Waals surface area (Å²) in [5.74, 6) is 0.0555. The SMILES string of the molecule is [2H]C([2H])([2H])n1cc(C(F)(F)F)nc1-c1ccc(C([2H])([2H])n2c(=O)ccc3cnc(-c4c(OC)ncnc4C4CC4)nc32)cc1. The number of nitrogens with zero attached hydrogens (tertiary/aromatic N) is 7. The van der Waals surface area contributed by atoms with Crippen molar-refractivity contribution in [3.8, 4) is 28.7 Å². The Morgan fingerprint density at radius 2 is 1.90 bits per heavy atom. The van der Waals surface area contributed by atoms with Crippen molar-refractivity contribution in [1.29, 1.82) is 0 Å². The third-order valence-electron chi connectivity index (χ3n) is 6.24. The number of aryl methyl sites for hydroxylation is 1. The first kappa shape index (κ1) is 19.5. The van der Waals surface area contributed by atoms with Gasteiger partial charge in [0.15, 0.2) is 11.5 Å². The van der Waals surface area contributed by atoms with Crippen molar-refractivity contribution >= 4 is 11.0 Å². The predicted octanol–water partition coefficient (Wildman–Crippen LogP) is 4.60. The lowest BCUT2D eigenvalue weighted by atomic mass is 10.1. The molecule has 4 heterocycles. The molecule has 4 aromatic heterocycles. The zero-order chi connectivity index (χ0) is 31.6. The molecule has 0 unspecified atom stereocenters. The minimum atomic E-state index is -4.88. The highest BCUT2D eigenvalue weighted by atomic mass is 19.4. The van der Waals surface area contributed by atoms with Gasteiger partial charge in [0.05, 0.1) is 22.0 Å². The van der Waals surface area contributed by atoms with Gasteiger partial charge in [-0.1, -0.05) is 24.3 Å². The van der Waals surface area contributed by atoms with Crippen LogP contribution in [-0.2, 0) is 19.6 Å². The molecule has 0 aliphatic heterocycles. The van der Waals surface area contributed by atoms with E-state index >= 15 is 0 Å². The average molecular weight is 539 g/mol. The summed E-state index contributed by atoms with van der Waals surface area (Å²) in [5.41, 5.74) is -1.07. The molecule has 9 nitrogen and oxygen atoms in total. The fourth-order valence-corrected chi connectivity index (χ4v) is 4.20. The number of methoxy groups -OCH3 is 1. The number of imidazole rings is 1. The number of ether oxygens (including phenoxy) is 1. The van der Waals surface area contributed by atoms with Gasteiger partial charge in [-0.3, -0.25) is 9.36 Å². The minimum absolute atomic E-state index is 0.00479. The maximum absolute atomic E-state index is 13.3. The summed E-state index contributed by atoms with van der Waals surface area (Å²) < 4.78 is 87.6. The monoisotopic (exact) mass is 538 g/mol. The van der Waals surface area contributed by atoms with Crippen molar-refractivity contribution < 1.29 is 24.8 Å². The molecule has 0 amide bonds. The Bertz CT molecular complexity index is 1950. The standard InChI is InChI=1S/C27H22F3N7O2/c1-36-13-19(27(28,29)30)34-24(36)17-5-3-15(4-6-17)12-37-20(38)10-9-18-11-31-23(35-25(18)37)21-22(16-7-8-16)32-14-33-26(21)39-2/h3-6,9-11,13-14,16H,7-8,12H2,1-2H3/i1D3,12D2. The molecule has 0 N–H and O–H groups in total. The third kappa shape index (κ3) is 4.62. The van der Waals surface area contributed by atoms with E-state index in [4.69, 9.17) is 11.6 Å². The first-order valence-corrected chi connectivity index (χ1v) is 11.8. The molecule has 1 aromatic carbocycles. The van der Waals surface area contributed by atoms with E-state index in [-0.39, 0.29) is 34.4 Å². The highest BCUT2D eigenvalue weighted by molar-refractivity contribution is 5.78. The van der Waals surface area contributed by atoms with E-state index in [1.54, 1.807) is 0 Å². The number of benzene rings is 1. The number of hydrogen-bond acceptors (Lipinski definition) is 7. The summed E-state index contributed by atoms with van der Waals surface area (Å²) in [5, 5.41) is 0.358. The van der Waals surface area contributed by atoms with Crippen LogP contribution in [0.3, 0.4) is 0 Å². The van der Waals surface area contributed by atoms with Gasteiger partial charge in [-0.25, -0.2) is 24.9 Å². The highest BCUT2D eigenvalue weighted by Crippen LogP contribution is 2.44. The van der Waals surface area contributed by atoms with Crippen LogP contribution in [0.5, 0.6) is 5.88 Å². The molecule has 1 aliphatic rings. The highest BCUT2D eigenvalue weighted by Gasteiger charge is 2.34. The van der Waals surface area contributed by atoms with E-state index in [0.29, 0.717) is 27.4 Å². The van der Waals surface area contributed by atoms with Crippen LogP contribution in [-0.4, -0.2) is 41.2 Å². The Balaban J connectivity index is 1.46. The lowest BCUT2D eigenvalue weighted by Crippen LogP contribution is -2.21. The van der Waals surface area contributed by atoms with Gasteiger partial charge >= 0.3 is 6.18 Å². The van der Waals surface area contributed by atoms with Crippen molar-refractivity contribution in [1.82, 2.24) is 34.1 Å². The fraction of sp³-hybridized carbons (Fsp3) is 0.259. The molecular formula is C27H22F3N7O2. The van der Waals surface area contributed by atoms with Crippen molar-refractivity contribution in [3.05, 3.63) is 82.4 Å². The lowest BCUT2D eigenvalue weighted by molar-refractivity contribution is -0.140. The van der Waals surface area contributed by atoms with Crippen LogP contribution in [0.25, 0.3) is 33.8 Å². The molecule has 0 spiro atoms. The summed E-state index contributed by atoms with van der Waals surface area (Å²) in [6.07, 6.45) is 0.173. The molecule has 1 aliphatic carbocycles. The minimum Gasteiger partial charge on any atom is -0.480 e. The maximum Gasteiger partial charge on any atom is 0.434 e. The van der Waals surface area contributed by atoms with E-state index in [1.807, 2.05) is 0 Å². The number of aromatic nitrogens is 7. The Morgan fingerprint density at radius 1 is 1.10 bits per heavy atom. The zero-order valence-corrected chi connectivity index (χ0v) is 20.3. The third-order valence-corrected chi connectivity index (χ3v) is 6.24. The predicted molar refractivity (Wildman–Crippen MR) is 136 cm³/mol. The number of hydrogen-bond donors (Lipinski definition) is 0. The van der Waals surface area contributed by atoms with Gasteiger partial charge in [-0.15, -0.1) is 0 Å². The number of fused-ring (bicyclic) bond motifs is 1. The van der Waals surface area contributed by atoms with Crippen LogP contribution in [0.1, 0.15) is 42.6 Å². The number of rotatable bonds is 6. The van der Waals surface area contributed by atoms with E-state index < -0.39 is 36.7 Å². The zero-order valence-electron chi connectivity index (χ0n) is 25.3. The molecule has 1 fully saturated rings. The second-order valence-corrected chi connectivity index (χ2v) is 8.90. The Kier molecular flexibility index (Phi) is 4.64. The molecule has 6 rings (SSSR count). The van der Waals surface area contributed by atoms with Crippen molar-refractivity contribution in [2.45, 2.75) is 31.4 Å². The summed E-state index contributed by atoms with van der Waals surface area (Å²) in [7, 11) is 1.44. The van der Waals surface area contributed by atoms with Crippen LogP contribution in [0.4, 0.5) is 13.2 Å². The molecule has 0 saturated heterocycles. The number of halogens is 3. The molecule has 0 atom stereocenters. The van der Waals surface area contributed by atoms with Crippen LogP contribution in [0.2, 0.25) is 0 Å².